The van der Waals surface area contributed by atoms with Gasteiger partial charge in [-0.2, -0.15) is 4.31 Å². The van der Waals surface area contributed by atoms with Gasteiger partial charge >= 0.3 is 0 Å². The van der Waals surface area contributed by atoms with E-state index in [1.807, 2.05) is 86.6 Å². The molecule has 0 spiro atoms. The second-order valence-corrected chi connectivity index (χ2v) is 13.0. The standard InChI is InChI=1S/C36H35NO4S/c1-25-14-18-30(19-15-25)36(39)35-31(22-27(3)38)24-37(42(40,41)32-20-16-26(2)17-21-32)33(23-28-10-6-4-7-11-28)34(35)29-12-8-5-9-13-29/h4-21,31,33H,22-24H2,1-3H3. The number of sulfonamides is 1. The van der Waals surface area contributed by atoms with Crippen LogP contribution in [0.25, 0.3) is 5.57 Å². The van der Waals surface area contributed by atoms with Crippen molar-refractivity contribution in [3.05, 3.63) is 143 Å². The summed E-state index contributed by atoms with van der Waals surface area (Å²) in [6, 6.07) is 32.8. The van der Waals surface area contributed by atoms with E-state index in [1.165, 1.54) is 11.2 Å². The second-order valence-electron chi connectivity index (χ2n) is 11.1. The van der Waals surface area contributed by atoms with E-state index < -0.39 is 22.0 Å². The predicted octanol–water partition coefficient (Wildman–Crippen LogP) is 6.85. The third kappa shape index (κ3) is 6.20. The number of hydrogen-bond acceptors (Lipinski definition) is 4. The normalized spacial score (nSPS) is 17.7. The monoisotopic (exact) mass is 577 g/mol. The van der Waals surface area contributed by atoms with Crippen molar-refractivity contribution < 1.29 is 18.0 Å². The fourth-order valence-corrected chi connectivity index (χ4v) is 7.42. The minimum absolute atomic E-state index is 0.0244. The molecule has 0 amide bonds. The Morgan fingerprint density at radius 2 is 1.31 bits per heavy atom. The van der Waals surface area contributed by atoms with Gasteiger partial charge in [-0.25, -0.2) is 8.42 Å². The lowest BCUT2D eigenvalue weighted by molar-refractivity contribution is -0.117. The topological polar surface area (TPSA) is 71.5 Å². The first kappa shape index (κ1) is 29.4. The minimum atomic E-state index is -4.00. The Hall–Kier alpha value is -4.13. The molecular formula is C36H35NO4S. The number of benzene rings is 4. The van der Waals surface area contributed by atoms with E-state index in [2.05, 4.69) is 0 Å². The molecule has 0 aromatic heterocycles. The zero-order valence-electron chi connectivity index (χ0n) is 24.2. The largest absolute Gasteiger partial charge is 0.300 e. The maximum Gasteiger partial charge on any atom is 0.243 e. The van der Waals surface area contributed by atoms with Crippen molar-refractivity contribution in [1.82, 2.24) is 4.31 Å². The lowest BCUT2D eigenvalue weighted by Crippen LogP contribution is -2.50. The fourth-order valence-electron chi connectivity index (χ4n) is 5.78. The van der Waals surface area contributed by atoms with Crippen LogP contribution in [0.3, 0.4) is 0 Å². The van der Waals surface area contributed by atoms with Crippen LogP contribution in [0.2, 0.25) is 0 Å². The maximum absolute atomic E-state index is 14.4. The van der Waals surface area contributed by atoms with E-state index in [9.17, 15) is 18.0 Å². The highest BCUT2D eigenvalue weighted by Gasteiger charge is 2.44. The van der Waals surface area contributed by atoms with Crippen LogP contribution >= 0.6 is 0 Å². The van der Waals surface area contributed by atoms with E-state index in [4.69, 9.17) is 0 Å². The highest BCUT2D eigenvalue weighted by molar-refractivity contribution is 7.89. The molecule has 0 fully saturated rings. The summed E-state index contributed by atoms with van der Waals surface area (Å²) in [5, 5.41) is 0. The second kappa shape index (κ2) is 12.4. The molecule has 5 rings (SSSR count). The molecule has 0 radical (unpaired) electrons. The van der Waals surface area contributed by atoms with Crippen LogP contribution in [0.1, 0.15) is 46.0 Å². The van der Waals surface area contributed by atoms with E-state index >= 15 is 0 Å². The Kier molecular flexibility index (Phi) is 8.66. The predicted molar refractivity (Wildman–Crippen MR) is 167 cm³/mol. The number of hydrogen-bond donors (Lipinski definition) is 0. The fraction of sp³-hybridized carbons (Fsp3) is 0.222. The molecule has 5 nitrogen and oxygen atoms in total. The molecule has 1 heterocycles. The molecule has 1 aliphatic rings. The Labute approximate surface area is 248 Å². The first-order valence-corrected chi connectivity index (χ1v) is 15.6. The summed E-state index contributed by atoms with van der Waals surface area (Å²) in [6.07, 6.45) is 0.425. The number of ketones is 2. The molecule has 0 saturated carbocycles. The molecule has 0 N–H and O–H groups in total. The summed E-state index contributed by atoms with van der Waals surface area (Å²) < 4.78 is 30.4. The Morgan fingerprint density at radius 3 is 1.88 bits per heavy atom. The first-order chi connectivity index (χ1) is 20.1. The summed E-state index contributed by atoms with van der Waals surface area (Å²) in [6.45, 7) is 5.39. The van der Waals surface area contributed by atoms with Crippen LogP contribution in [-0.4, -0.2) is 36.9 Å². The summed E-state index contributed by atoms with van der Waals surface area (Å²) in [4.78, 5) is 27.2. The summed E-state index contributed by atoms with van der Waals surface area (Å²) in [5.41, 5.74) is 5.39. The third-order valence-corrected chi connectivity index (χ3v) is 9.74. The van der Waals surface area contributed by atoms with Crippen LogP contribution in [0, 0.1) is 19.8 Å². The molecule has 4 aromatic carbocycles. The average molecular weight is 578 g/mol. The number of rotatable bonds is 9. The van der Waals surface area contributed by atoms with Crippen molar-refractivity contribution in [3.63, 3.8) is 0 Å². The van der Waals surface area contributed by atoms with Gasteiger partial charge in [0.1, 0.15) is 5.78 Å². The lowest BCUT2D eigenvalue weighted by Gasteiger charge is -2.42. The van der Waals surface area contributed by atoms with Gasteiger partial charge in [0, 0.05) is 30.0 Å². The number of carbonyl (C=O) groups excluding carboxylic acids is 2. The Balaban J connectivity index is 1.79. The van der Waals surface area contributed by atoms with Crippen LogP contribution < -0.4 is 0 Å². The van der Waals surface area contributed by atoms with Crippen molar-refractivity contribution in [2.75, 3.05) is 6.54 Å². The van der Waals surface area contributed by atoms with Crippen LogP contribution in [0.15, 0.2) is 120 Å². The van der Waals surface area contributed by atoms with E-state index in [1.54, 1.807) is 36.4 Å². The van der Waals surface area contributed by atoms with Crippen molar-refractivity contribution in [2.24, 2.45) is 5.92 Å². The van der Waals surface area contributed by atoms with E-state index in [-0.39, 0.29) is 29.4 Å². The summed E-state index contributed by atoms with van der Waals surface area (Å²) in [5.74, 6) is -0.889. The smallest absolute Gasteiger partial charge is 0.243 e. The third-order valence-electron chi connectivity index (χ3n) is 7.86. The number of carbonyl (C=O) groups is 2. The van der Waals surface area contributed by atoms with Crippen molar-refractivity contribution in [1.29, 1.82) is 0 Å². The van der Waals surface area contributed by atoms with Gasteiger partial charge in [0.05, 0.1) is 10.9 Å². The van der Waals surface area contributed by atoms with Crippen molar-refractivity contribution in [3.8, 4) is 0 Å². The molecular weight excluding hydrogens is 542 g/mol. The molecule has 6 heteroatoms. The van der Waals surface area contributed by atoms with Crippen LogP contribution in [0.4, 0.5) is 0 Å². The Morgan fingerprint density at radius 1 is 0.762 bits per heavy atom. The van der Waals surface area contributed by atoms with Gasteiger partial charge in [-0.15, -0.1) is 0 Å². The van der Waals surface area contributed by atoms with E-state index in [0.29, 0.717) is 23.1 Å². The molecule has 214 valence electrons. The maximum atomic E-state index is 14.4. The first-order valence-electron chi connectivity index (χ1n) is 14.2. The summed E-state index contributed by atoms with van der Waals surface area (Å²) >= 11 is 0. The average Bonchev–Trinajstić information content (AvgIpc) is 2.98. The van der Waals surface area contributed by atoms with Crippen LogP contribution in [-0.2, 0) is 21.2 Å². The van der Waals surface area contributed by atoms with Gasteiger partial charge in [0.25, 0.3) is 0 Å². The Bertz CT molecular complexity index is 1710. The highest BCUT2D eigenvalue weighted by Crippen LogP contribution is 2.42. The quantitative estimate of drug-likeness (QED) is 0.204. The van der Waals surface area contributed by atoms with Gasteiger partial charge in [0.15, 0.2) is 5.78 Å². The van der Waals surface area contributed by atoms with Gasteiger partial charge in [-0.3, -0.25) is 4.79 Å². The molecule has 0 saturated heterocycles. The highest BCUT2D eigenvalue weighted by atomic mass is 32.2. The zero-order chi connectivity index (χ0) is 29.9. The zero-order valence-corrected chi connectivity index (χ0v) is 25.0. The number of aryl methyl sites for hydroxylation is 2. The van der Waals surface area contributed by atoms with Gasteiger partial charge in [-0.05, 0) is 56.0 Å². The molecule has 0 bridgehead atoms. The number of nitrogens with zero attached hydrogens (tertiary/aromatic N) is 1. The molecule has 2 unspecified atom stereocenters. The lowest BCUT2D eigenvalue weighted by atomic mass is 9.76. The molecule has 4 aromatic rings. The molecule has 2 atom stereocenters. The van der Waals surface area contributed by atoms with Gasteiger partial charge in [-0.1, -0.05) is 108 Å². The van der Waals surface area contributed by atoms with Gasteiger partial charge < -0.3 is 4.79 Å². The number of Topliss-reactive ketones (excluding diaryl/α,β-unsaturated/α-hetero) is 2. The van der Waals surface area contributed by atoms with Gasteiger partial charge in [0.2, 0.25) is 10.0 Å². The van der Waals surface area contributed by atoms with Crippen molar-refractivity contribution in [2.45, 2.75) is 44.6 Å². The van der Waals surface area contributed by atoms with Crippen molar-refractivity contribution >= 4 is 27.2 Å². The summed E-state index contributed by atoms with van der Waals surface area (Å²) in [7, 11) is -4.00. The molecule has 1 aliphatic heterocycles. The minimum Gasteiger partial charge on any atom is -0.300 e. The van der Waals surface area contributed by atoms with E-state index in [0.717, 1.165) is 22.3 Å². The SMILES string of the molecule is CC(=O)CC1CN(S(=O)(=O)c2ccc(C)cc2)C(Cc2ccccc2)C(c2ccccc2)=C1C(=O)c1ccc(C)cc1. The molecule has 42 heavy (non-hydrogen) atoms. The van der Waals surface area contributed by atoms with Crippen LogP contribution in [0.5, 0.6) is 0 Å². The molecule has 0 aliphatic carbocycles.